The smallest absolute Gasteiger partial charge is 0.475 e. The van der Waals surface area contributed by atoms with E-state index >= 15 is 0 Å². The normalized spacial score (nSPS) is 11.8. The van der Waals surface area contributed by atoms with Gasteiger partial charge in [0.25, 0.3) is 0 Å². The molecule has 0 bridgehead atoms. The van der Waals surface area contributed by atoms with Crippen LogP contribution in [0.15, 0.2) is 42.5 Å². The number of carbonyl (C=O) groups is 2. The molecule has 5 nitrogen and oxygen atoms in total. The highest BCUT2D eigenvalue weighted by molar-refractivity contribution is 5.89. The zero-order valence-electron chi connectivity index (χ0n) is 14.5. The van der Waals surface area contributed by atoms with Crippen LogP contribution in [-0.2, 0) is 9.59 Å². The van der Waals surface area contributed by atoms with E-state index in [1.165, 1.54) is 13.0 Å². The number of carboxylic acids is 1. The maximum Gasteiger partial charge on any atom is 0.490 e. The van der Waals surface area contributed by atoms with Crippen LogP contribution >= 0.6 is 0 Å². The van der Waals surface area contributed by atoms with E-state index in [4.69, 9.17) is 15.6 Å². The topological polar surface area (TPSA) is 92.4 Å². The van der Waals surface area contributed by atoms with Gasteiger partial charge in [0, 0.05) is 13.0 Å². The first kappa shape index (κ1) is 22.1. The lowest BCUT2D eigenvalue weighted by molar-refractivity contribution is -0.192. The lowest BCUT2D eigenvalue weighted by Crippen LogP contribution is -2.21. The largest absolute Gasteiger partial charge is 0.490 e. The summed E-state index contributed by atoms with van der Waals surface area (Å²) in [5, 5.41) is 9.60. The van der Waals surface area contributed by atoms with E-state index in [0.29, 0.717) is 0 Å². The monoisotopic (exact) mass is 386 g/mol. The van der Waals surface area contributed by atoms with Crippen LogP contribution in [0.3, 0.4) is 0 Å². The molecule has 2 aromatic rings. The second-order valence-corrected chi connectivity index (χ2v) is 5.59. The number of halogens is 4. The van der Waals surface area contributed by atoms with Gasteiger partial charge in [-0.1, -0.05) is 30.3 Å². The second-order valence-electron chi connectivity index (χ2n) is 5.59. The summed E-state index contributed by atoms with van der Waals surface area (Å²) < 4.78 is 45.3. The minimum atomic E-state index is -5.08. The van der Waals surface area contributed by atoms with Crippen molar-refractivity contribution in [3.8, 4) is 11.1 Å². The number of carbonyl (C=O) groups excluding carboxylic acids is 1. The predicted octanol–water partition coefficient (Wildman–Crippen LogP) is 4.10. The molecular weight excluding hydrogens is 368 g/mol. The molecule has 9 heteroatoms. The van der Waals surface area contributed by atoms with Crippen LogP contribution in [0.1, 0.15) is 25.5 Å². The Morgan fingerprint density at radius 2 is 1.56 bits per heavy atom. The maximum atomic E-state index is 13.6. The van der Waals surface area contributed by atoms with Gasteiger partial charge in [-0.2, -0.15) is 13.2 Å². The first-order valence-electron chi connectivity index (χ1n) is 7.65. The summed E-state index contributed by atoms with van der Waals surface area (Å²) in [6.07, 6.45) is -5.08. The lowest BCUT2D eigenvalue weighted by Gasteiger charge is -2.09. The molecule has 0 spiro atoms. The van der Waals surface area contributed by atoms with Crippen molar-refractivity contribution in [3.05, 3.63) is 53.8 Å². The third-order valence-corrected chi connectivity index (χ3v) is 3.29. The third kappa shape index (κ3) is 7.06. The summed E-state index contributed by atoms with van der Waals surface area (Å²) in [6, 6.07) is 12.4. The van der Waals surface area contributed by atoms with Crippen LogP contribution in [0, 0.1) is 5.82 Å². The van der Waals surface area contributed by atoms with Crippen molar-refractivity contribution in [3.63, 3.8) is 0 Å². The fourth-order valence-corrected chi connectivity index (χ4v) is 1.97. The molecule has 0 aliphatic rings. The zero-order chi connectivity index (χ0) is 20.8. The highest BCUT2D eigenvalue weighted by atomic mass is 19.4. The molecule has 1 atom stereocenters. The molecule has 0 aliphatic carbocycles. The van der Waals surface area contributed by atoms with Crippen LogP contribution in [-0.4, -0.2) is 23.2 Å². The molecule has 0 fully saturated rings. The molecule has 0 aromatic heterocycles. The number of hydrogen-bond donors (Lipinski definition) is 3. The van der Waals surface area contributed by atoms with E-state index in [1.807, 2.05) is 31.2 Å². The van der Waals surface area contributed by atoms with Gasteiger partial charge in [-0.15, -0.1) is 0 Å². The van der Waals surface area contributed by atoms with Gasteiger partial charge in [0.05, 0.1) is 5.69 Å². The highest BCUT2D eigenvalue weighted by Crippen LogP contribution is 2.26. The number of nitrogens with two attached hydrogens (primary N) is 1. The summed E-state index contributed by atoms with van der Waals surface area (Å²) in [7, 11) is 0. The van der Waals surface area contributed by atoms with Crippen molar-refractivity contribution in [2.24, 2.45) is 5.73 Å². The Morgan fingerprint density at radius 3 is 1.96 bits per heavy atom. The predicted molar refractivity (Wildman–Crippen MR) is 92.4 cm³/mol. The van der Waals surface area contributed by atoms with Crippen LogP contribution in [0.2, 0.25) is 0 Å². The molecular formula is C18H18F4N2O3. The summed E-state index contributed by atoms with van der Waals surface area (Å²) in [5.74, 6) is -3.50. The van der Waals surface area contributed by atoms with Crippen molar-refractivity contribution in [2.45, 2.75) is 26.1 Å². The number of aliphatic carboxylic acids is 1. The Balaban J connectivity index is 0.000000445. The molecule has 0 aliphatic heterocycles. The summed E-state index contributed by atoms with van der Waals surface area (Å²) in [6.45, 7) is 3.27. The van der Waals surface area contributed by atoms with Crippen molar-refractivity contribution in [1.29, 1.82) is 0 Å². The lowest BCUT2D eigenvalue weighted by atomic mass is 10.0. The second kappa shape index (κ2) is 9.13. The van der Waals surface area contributed by atoms with E-state index in [0.717, 1.165) is 16.7 Å². The quantitative estimate of drug-likeness (QED) is 0.693. The number of carboxylic acid groups (broad SMARTS) is 1. The Morgan fingerprint density at radius 1 is 1.07 bits per heavy atom. The molecule has 27 heavy (non-hydrogen) atoms. The molecule has 0 saturated carbocycles. The van der Waals surface area contributed by atoms with Gasteiger partial charge in [0.15, 0.2) is 0 Å². The standard InChI is InChI=1S/C16H17FN2O.C2HF3O2/c1-10(18)12-3-5-13(6-4-12)14-7-8-15(17)16(9-14)19-11(2)20;3-2(4,5)1(6)7/h3-10H,18H2,1-2H3,(H,19,20);(H,6,7)/t10-;/m1./s1. The fraction of sp³-hybridized carbons (Fsp3) is 0.222. The molecule has 2 aromatic carbocycles. The summed E-state index contributed by atoms with van der Waals surface area (Å²) >= 11 is 0. The van der Waals surface area contributed by atoms with Gasteiger partial charge in [-0.25, -0.2) is 9.18 Å². The van der Waals surface area contributed by atoms with Crippen molar-refractivity contribution >= 4 is 17.6 Å². The van der Waals surface area contributed by atoms with Gasteiger partial charge >= 0.3 is 12.1 Å². The Bertz CT molecular complexity index is 803. The van der Waals surface area contributed by atoms with Gasteiger partial charge in [0.1, 0.15) is 5.82 Å². The Labute approximate surface area is 152 Å². The molecule has 0 saturated heterocycles. The fourth-order valence-electron chi connectivity index (χ4n) is 1.97. The maximum absolute atomic E-state index is 13.6. The number of benzene rings is 2. The first-order chi connectivity index (χ1) is 12.4. The number of anilines is 1. The van der Waals surface area contributed by atoms with Gasteiger partial charge in [-0.05, 0) is 35.7 Å². The Hall–Kier alpha value is -2.94. The van der Waals surface area contributed by atoms with Crippen LogP contribution < -0.4 is 11.1 Å². The van der Waals surface area contributed by atoms with Crippen molar-refractivity contribution in [1.82, 2.24) is 0 Å². The number of amides is 1. The van der Waals surface area contributed by atoms with E-state index in [1.54, 1.807) is 12.1 Å². The average Bonchev–Trinajstić information content (AvgIpc) is 2.56. The third-order valence-electron chi connectivity index (χ3n) is 3.29. The zero-order valence-corrected chi connectivity index (χ0v) is 14.5. The molecule has 0 radical (unpaired) electrons. The number of rotatable bonds is 3. The molecule has 0 unspecified atom stereocenters. The minimum absolute atomic E-state index is 0.0211. The van der Waals surface area contributed by atoms with Gasteiger partial charge in [0.2, 0.25) is 5.91 Å². The first-order valence-corrected chi connectivity index (χ1v) is 7.65. The molecule has 2 rings (SSSR count). The molecule has 1 amide bonds. The molecule has 4 N–H and O–H groups in total. The highest BCUT2D eigenvalue weighted by Gasteiger charge is 2.38. The molecule has 146 valence electrons. The van der Waals surface area contributed by atoms with E-state index in [-0.39, 0.29) is 17.6 Å². The van der Waals surface area contributed by atoms with Crippen LogP contribution in [0.4, 0.5) is 23.2 Å². The van der Waals surface area contributed by atoms with E-state index in [9.17, 15) is 22.4 Å². The molecule has 0 heterocycles. The van der Waals surface area contributed by atoms with E-state index in [2.05, 4.69) is 5.32 Å². The van der Waals surface area contributed by atoms with Crippen LogP contribution in [0.25, 0.3) is 11.1 Å². The van der Waals surface area contributed by atoms with Gasteiger partial charge in [-0.3, -0.25) is 4.79 Å². The van der Waals surface area contributed by atoms with Crippen molar-refractivity contribution < 1.29 is 32.3 Å². The number of hydrogen-bond acceptors (Lipinski definition) is 3. The number of alkyl halides is 3. The Kier molecular flexibility index (Phi) is 7.47. The number of nitrogens with one attached hydrogen (secondary N) is 1. The SMILES string of the molecule is CC(=O)Nc1cc(-c2ccc([C@@H](C)N)cc2)ccc1F.O=C(O)C(F)(F)F. The van der Waals surface area contributed by atoms with E-state index < -0.39 is 18.0 Å². The minimum Gasteiger partial charge on any atom is -0.475 e. The summed E-state index contributed by atoms with van der Waals surface area (Å²) in [4.78, 5) is 19.9. The van der Waals surface area contributed by atoms with Crippen LogP contribution in [0.5, 0.6) is 0 Å². The van der Waals surface area contributed by atoms with Crippen molar-refractivity contribution in [2.75, 3.05) is 5.32 Å². The average molecular weight is 386 g/mol. The summed E-state index contributed by atoms with van der Waals surface area (Å²) in [5.41, 5.74) is 8.81. The van der Waals surface area contributed by atoms with Gasteiger partial charge < -0.3 is 16.2 Å².